The van der Waals surface area contributed by atoms with Crippen LogP contribution in [0.25, 0.3) is 22.0 Å². The molecular formula is C61H45Cl6N7O15. The number of fused-ring (bicyclic) bond motifs is 10. The topological polar surface area (TPSA) is 346 Å². The third kappa shape index (κ3) is 12.8. The average Bonchev–Trinajstić information content (AvgIpc) is 1.86. The molecule has 1 aromatic heterocycles. The molecule has 4 heterocycles. The number of phenols is 5. The number of carbonyl (C=O) groups excluding carboxylic acids is 7. The van der Waals surface area contributed by atoms with Crippen molar-refractivity contribution < 1.29 is 73.7 Å². The van der Waals surface area contributed by atoms with Crippen LogP contribution in [0.1, 0.15) is 67.9 Å². The van der Waals surface area contributed by atoms with E-state index in [4.69, 9.17) is 74.3 Å². The van der Waals surface area contributed by atoms with Gasteiger partial charge in [0.1, 0.15) is 41.7 Å². The molecular weight excluding hydrogens is 1280 g/mol. The number of Topliss-reactive ketones (excluding diaryl/α,β-unsaturated/α-hetero) is 1. The molecule has 0 saturated carbocycles. The molecule has 6 atom stereocenters. The molecule has 0 saturated heterocycles. The first-order valence-electron chi connectivity index (χ1n) is 26.4. The molecule has 0 spiro atoms. The van der Waals surface area contributed by atoms with Crippen LogP contribution in [0.15, 0.2) is 121 Å². The van der Waals surface area contributed by atoms with E-state index in [0.29, 0.717) is 22.0 Å². The zero-order chi connectivity index (χ0) is 64.0. The Morgan fingerprint density at radius 1 is 0.607 bits per heavy atom. The van der Waals surface area contributed by atoms with Crippen LogP contribution < -0.4 is 31.3 Å². The van der Waals surface area contributed by atoms with E-state index >= 15 is 19.2 Å². The molecule has 0 unspecified atom stereocenters. The lowest BCUT2D eigenvalue weighted by atomic mass is 9.94. The number of carbonyl (C=O) groups is 8. The molecule has 3 aliphatic rings. The van der Waals surface area contributed by atoms with Gasteiger partial charge in [0.05, 0.1) is 35.7 Å². The van der Waals surface area contributed by atoms with Gasteiger partial charge < -0.3 is 71.8 Å². The fourth-order valence-corrected chi connectivity index (χ4v) is 11.7. The van der Waals surface area contributed by atoms with Crippen molar-refractivity contribution in [3.05, 3.63) is 191 Å². The number of halogens is 6. The molecule has 7 aromatic carbocycles. The number of ether oxygens (including phenoxy) is 1. The number of rotatable bonds is 9. The van der Waals surface area contributed by atoms with E-state index in [1.165, 1.54) is 73.9 Å². The van der Waals surface area contributed by atoms with Crippen LogP contribution in [-0.4, -0.2) is 107 Å². The van der Waals surface area contributed by atoms with Crippen LogP contribution in [0.5, 0.6) is 40.2 Å². The highest BCUT2D eigenvalue weighted by molar-refractivity contribution is 6.45. The minimum Gasteiger partial charge on any atom is -0.508 e. The van der Waals surface area contributed by atoms with Crippen molar-refractivity contribution in [2.75, 3.05) is 7.05 Å². The van der Waals surface area contributed by atoms with Crippen LogP contribution in [0.4, 0.5) is 0 Å². The van der Waals surface area contributed by atoms with Crippen molar-refractivity contribution in [3.63, 3.8) is 0 Å². The number of hydrogen-bond donors (Lipinski definition) is 12. The molecule has 0 aliphatic carbocycles. The van der Waals surface area contributed by atoms with Crippen molar-refractivity contribution in [1.82, 2.24) is 36.5 Å². The first-order chi connectivity index (χ1) is 42.3. The van der Waals surface area contributed by atoms with Gasteiger partial charge in [0.2, 0.25) is 35.3 Å². The number of aromatic nitrogens is 1. The van der Waals surface area contributed by atoms with Gasteiger partial charge in [0, 0.05) is 48.2 Å². The van der Waals surface area contributed by atoms with Crippen LogP contribution >= 0.6 is 69.6 Å². The largest absolute Gasteiger partial charge is 0.508 e. The molecule has 22 nitrogen and oxygen atoms in total. The molecule has 9 bridgehead atoms. The first-order valence-corrected chi connectivity index (χ1v) is 28.7. The number of phenolic OH excluding ortho intramolecular Hbond substituents is 5. The summed E-state index contributed by atoms with van der Waals surface area (Å²) >= 11 is 38.1. The van der Waals surface area contributed by atoms with Crippen molar-refractivity contribution in [1.29, 1.82) is 0 Å². The minimum absolute atomic E-state index is 0.0362. The Labute approximate surface area is 532 Å². The molecule has 11 rings (SSSR count). The number of carboxylic acids is 1. The number of aromatic amines is 1. The van der Waals surface area contributed by atoms with Crippen molar-refractivity contribution in [2.24, 2.45) is 0 Å². The summed E-state index contributed by atoms with van der Waals surface area (Å²) in [5, 5.41) is 75.1. The van der Waals surface area contributed by atoms with Crippen molar-refractivity contribution in [2.45, 2.75) is 49.1 Å². The summed E-state index contributed by atoms with van der Waals surface area (Å²) in [5.74, 6) is -12.8. The van der Waals surface area contributed by atoms with Gasteiger partial charge in [-0.05, 0) is 106 Å². The van der Waals surface area contributed by atoms with Gasteiger partial charge in [-0.25, -0.2) is 4.79 Å². The third-order valence-electron chi connectivity index (χ3n) is 14.9. The summed E-state index contributed by atoms with van der Waals surface area (Å²) in [6.45, 7) is 0. The van der Waals surface area contributed by atoms with Gasteiger partial charge >= 0.3 is 5.97 Å². The maximum Gasteiger partial charge on any atom is 0.330 e. The van der Waals surface area contributed by atoms with E-state index in [1.54, 1.807) is 18.2 Å². The van der Waals surface area contributed by atoms with E-state index < -0.39 is 133 Å². The van der Waals surface area contributed by atoms with Crippen LogP contribution in [0.2, 0.25) is 30.1 Å². The van der Waals surface area contributed by atoms with Gasteiger partial charge in [-0.15, -0.1) is 0 Å². The number of likely N-dealkylation sites (N-methyl/N-ethyl adjacent to an activating group) is 1. The van der Waals surface area contributed by atoms with Gasteiger partial charge in [0.15, 0.2) is 34.8 Å². The average molecular weight is 1330 g/mol. The van der Waals surface area contributed by atoms with E-state index in [9.17, 15) is 49.8 Å². The van der Waals surface area contributed by atoms with Crippen LogP contribution in [-0.2, 0) is 46.4 Å². The van der Waals surface area contributed by atoms with E-state index in [1.807, 2.05) is 0 Å². The molecule has 3 aliphatic heterocycles. The number of aliphatic carboxylic acids is 1. The highest BCUT2D eigenvalue weighted by Crippen LogP contribution is 2.46. The Morgan fingerprint density at radius 3 is 1.71 bits per heavy atom. The number of hydrogen-bond acceptors (Lipinski definition) is 14. The Morgan fingerprint density at radius 2 is 1.13 bits per heavy atom. The minimum atomic E-state index is -2.08. The van der Waals surface area contributed by atoms with Gasteiger partial charge in [0.25, 0.3) is 5.91 Å². The molecule has 8 aromatic rings. The Hall–Kier alpha value is -9.42. The highest BCUT2D eigenvalue weighted by atomic mass is 35.5. The first kappa shape index (κ1) is 62.6. The number of ketones is 1. The van der Waals surface area contributed by atoms with Gasteiger partial charge in [-0.3, -0.25) is 33.6 Å². The summed E-state index contributed by atoms with van der Waals surface area (Å²) in [5.41, 5.74) is 0.227. The van der Waals surface area contributed by atoms with Crippen molar-refractivity contribution >= 4 is 128 Å². The summed E-state index contributed by atoms with van der Waals surface area (Å²) in [7, 11) is 1.19. The molecule has 456 valence electrons. The molecule has 6 amide bonds. The number of carboxylic acid groups (broad SMARTS) is 1. The Bertz CT molecular complexity index is 4210. The zero-order valence-corrected chi connectivity index (χ0v) is 50.0. The van der Waals surface area contributed by atoms with E-state index in [0.717, 1.165) is 41.3 Å². The summed E-state index contributed by atoms with van der Waals surface area (Å²) < 4.78 is 6.40. The summed E-state index contributed by atoms with van der Waals surface area (Å²) in [6, 6.07) is 13.3. The number of aromatic hydroxyl groups is 5. The quantitative estimate of drug-likeness (QED) is 0.0473. The number of H-pyrrole nitrogens is 1. The standard InChI is InChI=1S/C61H45Cl6N7O15/c1-74-43(56(82)73-48(61(87)88)25-7-9-31(75)10-8-25)13-24-5-11-32(12-6-24)89-44-22-26-14-35(51(44)77)34-4-2-3-33-30(23-68-49(33)34)21-42(69-59(85)50(76)29-19-40(66)54(80)41(67)20-29)55(81)70-46(27-15-36(62)52(78)37(63)16-27)57(83)71-45(26)58(84)72-47(60(74)86)28-17-38(64)53(79)39(65)18-28/h2-12,14-20,22-23,42-43,45-48,68,75,77-80H,13,21H2,1H3,(H,69,85)(H,70,81)(H,71,83)(H,72,84)(H,73,82)(H,87,88)/t42-,43-,45+,46-,47+,48+/m0/s1. The Kier molecular flexibility index (Phi) is 17.8. The highest BCUT2D eigenvalue weighted by Gasteiger charge is 2.40. The summed E-state index contributed by atoms with van der Waals surface area (Å²) in [4.78, 5) is 121. The molecule has 89 heavy (non-hydrogen) atoms. The maximum absolute atomic E-state index is 15.8. The Balaban J connectivity index is 1.16. The number of nitrogens with zero attached hydrogens (tertiary/aromatic N) is 1. The van der Waals surface area contributed by atoms with Crippen LogP contribution in [0.3, 0.4) is 0 Å². The molecule has 12 N–H and O–H groups in total. The fourth-order valence-electron chi connectivity index (χ4n) is 10.3. The smallest absolute Gasteiger partial charge is 0.330 e. The van der Waals surface area contributed by atoms with E-state index in [2.05, 4.69) is 31.6 Å². The molecule has 0 radical (unpaired) electrons. The lowest BCUT2D eigenvalue weighted by Gasteiger charge is -2.33. The lowest BCUT2D eigenvalue weighted by Crippen LogP contribution is -2.54. The molecule has 28 heteroatoms. The fraction of sp³-hybridized carbons (Fsp3) is 0.148. The van der Waals surface area contributed by atoms with Gasteiger partial charge in [-0.2, -0.15) is 0 Å². The second-order valence-corrected chi connectivity index (χ2v) is 23.0. The monoisotopic (exact) mass is 1330 g/mol. The van der Waals surface area contributed by atoms with E-state index in [-0.39, 0.29) is 72.7 Å². The lowest BCUT2D eigenvalue weighted by molar-refractivity contribution is -0.145. The third-order valence-corrected chi connectivity index (χ3v) is 16.6. The normalized spacial score (nSPS) is 18.2. The predicted molar refractivity (Wildman–Crippen MR) is 326 cm³/mol. The maximum atomic E-state index is 15.8. The van der Waals surface area contributed by atoms with Crippen molar-refractivity contribution in [3.8, 4) is 51.4 Å². The summed E-state index contributed by atoms with van der Waals surface area (Å²) in [6.07, 6.45) is 0.734. The molecule has 0 fully saturated rings. The second-order valence-electron chi connectivity index (χ2n) is 20.6. The number of para-hydroxylation sites is 1. The zero-order valence-electron chi connectivity index (χ0n) is 45.5. The number of benzene rings is 7. The number of amides is 6. The van der Waals surface area contributed by atoms with Crippen LogP contribution in [0, 0.1) is 0 Å². The SMILES string of the molecule is CN1C(=O)[C@@H](c2cc(Cl)c(O)c(Cl)c2)NC(=O)[C@@H]2NC(=O)[C@H](c3cc(Cl)c(O)c(Cl)c3)NC(=O)[C@@H](NC(=O)C(=O)c3cc(Cl)c(O)c(Cl)c3)Cc3c[nH]c4c(cccc34)-c3cc2cc(c3O)Oc2ccc(cc2)C[C@H]1C(=O)N[C@@H](C(=O)O)c1ccc(O)cc1. The van der Waals surface area contributed by atoms with Gasteiger partial charge in [-0.1, -0.05) is 112 Å². The predicted octanol–water partition coefficient (Wildman–Crippen LogP) is 9.20. The number of nitrogens with one attached hydrogen (secondary N) is 6. The second kappa shape index (κ2) is 25.4.